The molecular formula is C10H8FN5O3. The summed E-state index contributed by atoms with van der Waals surface area (Å²) in [6.45, 7) is 0. The minimum Gasteiger partial charge on any atom is -0.432 e. The van der Waals surface area contributed by atoms with Gasteiger partial charge in [0.05, 0.1) is 4.92 Å². The number of hydrogen-bond acceptors (Lipinski definition) is 7. The van der Waals surface area contributed by atoms with E-state index in [0.29, 0.717) is 0 Å². The minimum absolute atomic E-state index is 0.00310. The molecule has 98 valence electrons. The van der Waals surface area contributed by atoms with E-state index in [4.69, 9.17) is 10.6 Å². The fraction of sp³-hybridized carbons (Fsp3) is 0. The lowest BCUT2D eigenvalue weighted by Crippen LogP contribution is -2.10. The van der Waals surface area contributed by atoms with Crippen LogP contribution in [0.4, 0.5) is 16.0 Å². The Kier molecular flexibility index (Phi) is 3.48. The number of nitrogen functional groups attached to an aromatic ring is 1. The number of ether oxygens (including phenoxy) is 1. The van der Waals surface area contributed by atoms with Gasteiger partial charge in [-0.15, -0.1) is 0 Å². The summed E-state index contributed by atoms with van der Waals surface area (Å²) < 4.78 is 18.3. The van der Waals surface area contributed by atoms with E-state index >= 15 is 0 Å². The fourth-order valence-corrected chi connectivity index (χ4v) is 1.30. The Balaban J connectivity index is 2.36. The van der Waals surface area contributed by atoms with Crippen molar-refractivity contribution in [1.82, 2.24) is 9.97 Å². The predicted octanol–water partition coefficient (Wildman–Crippen LogP) is 1.60. The van der Waals surface area contributed by atoms with Crippen LogP contribution in [-0.2, 0) is 0 Å². The SMILES string of the molecule is NNc1nccc(Oc2cc(F)ccc2[N+](=O)[O-])n1. The molecule has 3 N–H and O–H groups in total. The van der Waals surface area contributed by atoms with Crippen molar-refractivity contribution >= 4 is 11.6 Å². The van der Waals surface area contributed by atoms with Crippen LogP contribution in [0.15, 0.2) is 30.5 Å². The summed E-state index contributed by atoms with van der Waals surface area (Å²) in [5.74, 6) is 4.26. The number of benzene rings is 1. The number of nitro groups is 1. The zero-order valence-electron chi connectivity index (χ0n) is 9.41. The van der Waals surface area contributed by atoms with Crippen molar-refractivity contribution in [3.63, 3.8) is 0 Å². The lowest BCUT2D eigenvalue weighted by Gasteiger charge is -2.06. The topological polar surface area (TPSA) is 116 Å². The second-order valence-corrected chi connectivity index (χ2v) is 3.33. The van der Waals surface area contributed by atoms with Gasteiger partial charge < -0.3 is 4.74 Å². The normalized spacial score (nSPS) is 10.0. The van der Waals surface area contributed by atoms with Crippen molar-refractivity contribution in [2.24, 2.45) is 5.84 Å². The monoisotopic (exact) mass is 265 g/mol. The second-order valence-electron chi connectivity index (χ2n) is 3.33. The summed E-state index contributed by atoms with van der Waals surface area (Å²) in [5, 5.41) is 10.8. The zero-order valence-corrected chi connectivity index (χ0v) is 9.41. The van der Waals surface area contributed by atoms with Gasteiger partial charge in [-0.1, -0.05) is 0 Å². The molecule has 0 saturated heterocycles. The molecule has 0 spiro atoms. The molecule has 0 bridgehead atoms. The van der Waals surface area contributed by atoms with Crippen LogP contribution in [0.25, 0.3) is 0 Å². The predicted molar refractivity (Wildman–Crippen MR) is 63.0 cm³/mol. The molecule has 0 radical (unpaired) electrons. The molecule has 8 nitrogen and oxygen atoms in total. The number of halogens is 1. The van der Waals surface area contributed by atoms with Crippen molar-refractivity contribution in [3.05, 3.63) is 46.4 Å². The molecule has 1 heterocycles. The molecule has 2 rings (SSSR count). The fourth-order valence-electron chi connectivity index (χ4n) is 1.30. The molecule has 0 aliphatic heterocycles. The summed E-state index contributed by atoms with van der Waals surface area (Å²) in [7, 11) is 0. The van der Waals surface area contributed by atoms with E-state index in [1.54, 1.807) is 0 Å². The Hall–Kier alpha value is -2.81. The van der Waals surface area contributed by atoms with Crippen molar-refractivity contribution in [3.8, 4) is 11.6 Å². The molecule has 0 fully saturated rings. The maximum absolute atomic E-state index is 13.1. The average molecular weight is 265 g/mol. The standard InChI is InChI=1S/C10H8FN5O3/c11-6-1-2-7(16(17)18)8(5-6)19-9-3-4-13-10(14-9)15-12/h1-5H,12H2,(H,13,14,15). The van der Waals surface area contributed by atoms with Gasteiger partial charge in [-0.05, 0) is 6.07 Å². The van der Waals surface area contributed by atoms with E-state index in [0.717, 1.165) is 18.2 Å². The number of hydrazine groups is 1. The van der Waals surface area contributed by atoms with Crippen LogP contribution in [0.5, 0.6) is 11.6 Å². The Morgan fingerprint density at radius 1 is 1.42 bits per heavy atom. The summed E-state index contributed by atoms with van der Waals surface area (Å²) in [6.07, 6.45) is 1.34. The molecule has 2 aromatic rings. The maximum atomic E-state index is 13.1. The molecule has 9 heteroatoms. The highest BCUT2D eigenvalue weighted by atomic mass is 19.1. The van der Waals surface area contributed by atoms with Gasteiger partial charge in [0.2, 0.25) is 17.6 Å². The number of anilines is 1. The van der Waals surface area contributed by atoms with Crippen LogP contribution in [0.3, 0.4) is 0 Å². The first-order valence-electron chi connectivity index (χ1n) is 5.01. The smallest absolute Gasteiger partial charge is 0.311 e. The van der Waals surface area contributed by atoms with Crippen LogP contribution < -0.4 is 16.0 Å². The van der Waals surface area contributed by atoms with Gasteiger partial charge in [0.25, 0.3) is 0 Å². The molecule has 0 amide bonds. The van der Waals surface area contributed by atoms with Crippen LogP contribution >= 0.6 is 0 Å². The number of nitro benzene ring substituents is 1. The van der Waals surface area contributed by atoms with Crippen molar-refractivity contribution in [1.29, 1.82) is 0 Å². The Morgan fingerprint density at radius 3 is 2.89 bits per heavy atom. The number of rotatable bonds is 4. The highest BCUT2D eigenvalue weighted by molar-refractivity contribution is 5.48. The lowest BCUT2D eigenvalue weighted by atomic mass is 10.3. The Morgan fingerprint density at radius 2 is 2.21 bits per heavy atom. The van der Waals surface area contributed by atoms with Gasteiger partial charge >= 0.3 is 5.69 Å². The number of aromatic nitrogens is 2. The summed E-state index contributed by atoms with van der Waals surface area (Å²) >= 11 is 0. The van der Waals surface area contributed by atoms with Crippen molar-refractivity contribution < 1.29 is 14.1 Å². The molecule has 19 heavy (non-hydrogen) atoms. The molecule has 0 saturated carbocycles. The van der Waals surface area contributed by atoms with Crippen LogP contribution in [0.1, 0.15) is 0 Å². The third-order valence-corrected chi connectivity index (χ3v) is 2.09. The summed E-state index contributed by atoms with van der Waals surface area (Å²) in [4.78, 5) is 17.6. The number of nitrogens with zero attached hydrogens (tertiary/aromatic N) is 3. The number of nitrogens with one attached hydrogen (secondary N) is 1. The number of hydrogen-bond donors (Lipinski definition) is 2. The molecule has 1 aromatic heterocycles. The minimum atomic E-state index is -0.682. The van der Waals surface area contributed by atoms with Crippen LogP contribution in [0.2, 0.25) is 0 Å². The molecule has 0 aliphatic carbocycles. The van der Waals surface area contributed by atoms with Crippen LogP contribution in [0, 0.1) is 15.9 Å². The van der Waals surface area contributed by atoms with Gasteiger partial charge in [0.15, 0.2) is 0 Å². The highest BCUT2D eigenvalue weighted by Crippen LogP contribution is 2.31. The van der Waals surface area contributed by atoms with Gasteiger partial charge in [-0.25, -0.2) is 15.2 Å². The molecule has 0 unspecified atom stereocenters. The van der Waals surface area contributed by atoms with Crippen molar-refractivity contribution in [2.45, 2.75) is 0 Å². The maximum Gasteiger partial charge on any atom is 0.311 e. The van der Waals surface area contributed by atoms with Gasteiger partial charge in [-0.2, -0.15) is 4.98 Å². The highest BCUT2D eigenvalue weighted by Gasteiger charge is 2.17. The van der Waals surface area contributed by atoms with E-state index in [1.807, 2.05) is 0 Å². The molecule has 0 atom stereocenters. The zero-order chi connectivity index (χ0) is 13.8. The first-order chi connectivity index (χ1) is 9.10. The Labute approximate surface area is 106 Å². The van der Waals surface area contributed by atoms with Gasteiger partial charge in [0, 0.05) is 24.4 Å². The third-order valence-electron chi connectivity index (χ3n) is 2.09. The van der Waals surface area contributed by atoms with E-state index in [-0.39, 0.29) is 23.3 Å². The van der Waals surface area contributed by atoms with E-state index < -0.39 is 10.7 Å². The van der Waals surface area contributed by atoms with E-state index in [2.05, 4.69) is 15.4 Å². The third kappa shape index (κ3) is 2.90. The van der Waals surface area contributed by atoms with Crippen molar-refractivity contribution in [2.75, 3.05) is 5.43 Å². The second kappa shape index (κ2) is 5.23. The van der Waals surface area contributed by atoms with E-state index in [1.165, 1.54) is 12.3 Å². The van der Waals surface area contributed by atoms with Gasteiger partial charge in [0.1, 0.15) is 5.82 Å². The molecule has 0 aliphatic rings. The largest absolute Gasteiger partial charge is 0.432 e. The number of nitrogens with two attached hydrogens (primary N) is 1. The first-order valence-corrected chi connectivity index (χ1v) is 5.01. The summed E-state index contributed by atoms with van der Waals surface area (Å²) in [6, 6.07) is 4.23. The summed E-state index contributed by atoms with van der Waals surface area (Å²) in [5.41, 5.74) is 1.82. The van der Waals surface area contributed by atoms with Crippen LogP contribution in [-0.4, -0.2) is 14.9 Å². The molecule has 1 aromatic carbocycles. The molecular weight excluding hydrogens is 257 g/mol. The lowest BCUT2D eigenvalue weighted by molar-refractivity contribution is -0.385. The quantitative estimate of drug-likeness (QED) is 0.490. The Bertz CT molecular complexity index is 622. The first kappa shape index (κ1) is 12.6. The average Bonchev–Trinajstić information content (AvgIpc) is 2.38. The van der Waals surface area contributed by atoms with Gasteiger partial charge in [-0.3, -0.25) is 15.5 Å². The van der Waals surface area contributed by atoms with E-state index in [9.17, 15) is 14.5 Å².